The van der Waals surface area contributed by atoms with E-state index in [0.717, 1.165) is 42.7 Å². The van der Waals surface area contributed by atoms with Gasteiger partial charge in [-0.15, -0.1) is 0 Å². The largest absolute Gasteiger partial charge is 0.339 e. The van der Waals surface area contributed by atoms with Crippen LogP contribution >= 0.6 is 12.2 Å². The van der Waals surface area contributed by atoms with Crippen LogP contribution in [0.2, 0.25) is 0 Å². The number of hydrogen-bond acceptors (Lipinski definition) is 3. The predicted octanol–water partition coefficient (Wildman–Crippen LogP) is 4.68. The fraction of sp³-hybridized carbons (Fsp3) is 0.348. The number of likely N-dealkylation sites (tertiary alicyclic amines) is 1. The Balaban J connectivity index is 1.80. The molecule has 3 aromatic rings. The Morgan fingerprint density at radius 3 is 2.48 bits per heavy atom. The Morgan fingerprint density at radius 2 is 1.76 bits per heavy atom. The van der Waals surface area contributed by atoms with Crippen molar-refractivity contribution in [2.75, 3.05) is 13.1 Å². The smallest absolute Gasteiger partial charge is 0.266 e. The highest BCUT2D eigenvalue weighted by Crippen LogP contribution is 2.20. The SMILES string of the molecule is Cc1cccc(-n2c(=S)[nH]c3cc(C(=O)N4CCCCCC4)ccc3c2=O)c1C. The first-order valence-electron chi connectivity index (χ1n) is 10.1. The maximum atomic E-state index is 13.2. The lowest BCUT2D eigenvalue weighted by molar-refractivity contribution is 0.0762. The van der Waals surface area contributed by atoms with E-state index in [9.17, 15) is 9.59 Å². The van der Waals surface area contributed by atoms with Gasteiger partial charge < -0.3 is 9.88 Å². The monoisotopic (exact) mass is 407 g/mol. The molecule has 29 heavy (non-hydrogen) atoms. The molecular weight excluding hydrogens is 382 g/mol. The zero-order valence-electron chi connectivity index (χ0n) is 16.8. The van der Waals surface area contributed by atoms with Gasteiger partial charge in [0.2, 0.25) is 0 Å². The molecular formula is C23H25N3O2S. The second kappa shape index (κ2) is 7.95. The molecule has 4 rings (SSSR count). The third-order valence-electron chi connectivity index (χ3n) is 5.85. The Morgan fingerprint density at radius 1 is 1.03 bits per heavy atom. The number of amides is 1. The highest BCUT2D eigenvalue weighted by Gasteiger charge is 2.18. The fourth-order valence-corrected chi connectivity index (χ4v) is 4.30. The van der Waals surface area contributed by atoms with Crippen molar-refractivity contribution >= 4 is 29.0 Å². The predicted molar refractivity (Wildman–Crippen MR) is 119 cm³/mol. The molecule has 1 saturated heterocycles. The van der Waals surface area contributed by atoms with Crippen molar-refractivity contribution in [3.05, 3.63) is 68.2 Å². The van der Waals surface area contributed by atoms with Gasteiger partial charge in [0.15, 0.2) is 4.77 Å². The summed E-state index contributed by atoms with van der Waals surface area (Å²) in [5, 5.41) is 0.520. The molecule has 0 aliphatic carbocycles. The summed E-state index contributed by atoms with van der Waals surface area (Å²) in [7, 11) is 0. The number of aryl methyl sites for hydroxylation is 1. The minimum absolute atomic E-state index is 0.0202. The normalized spacial score (nSPS) is 14.8. The number of benzene rings is 2. The Hall–Kier alpha value is -2.73. The fourth-order valence-electron chi connectivity index (χ4n) is 4.00. The minimum atomic E-state index is -0.175. The lowest BCUT2D eigenvalue weighted by Gasteiger charge is -2.20. The van der Waals surface area contributed by atoms with Crippen LogP contribution in [0.25, 0.3) is 16.6 Å². The van der Waals surface area contributed by atoms with Crippen molar-refractivity contribution in [1.29, 1.82) is 0 Å². The second-order valence-electron chi connectivity index (χ2n) is 7.76. The molecule has 0 atom stereocenters. The molecule has 0 bridgehead atoms. The van der Waals surface area contributed by atoms with Crippen LogP contribution in [0.3, 0.4) is 0 Å². The molecule has 1 aliphatic heterocycles. The second-order valence-corrected chi connectivity index (χ2v) is 8.14. The van der Waals surface area contributed by atoms with E-state index in [4.69, 9.17) is 12.2 Å². The van der Waals surface area contributed by atoms with Crippen LogP contribution in [0.4, 0.5) is 0 Å². The molecule has 2 heterocycles. The first-order chi connectivity index (χ1) is 14.0. The molecule has 6 heteroatoms. The van der Waals surface area contributed by atoms with Crippen LogP contribution in [0.15, 0.2) is 41.2 Å². The quantitative estimate of drug-likeness (QED) is 0.628. The third kappa shape index (κ3) is 3.65. The summed E-state index contributed by atoms with van der Waals surface area (Å²) in [4.78, 5) is 31.2. The van der Waals surface area contributed by atoms with Crippen molar-refractivity contribution in [2.24, 2.45) is 0 Å². The van der Waals surface area contributed by atoms with Gasteiger partial charge in [-0.25, -0.2) is 0 Å². The molecule has 0 unspecified atom stereocenters. The Labute approximate surface area is 175 Å². The van der Waals surface area contributed by atoms with Crippen molar-refractivity contribution in [1.82, 2.24) is 14.5 Å². The summed E-state index contributed by atoms with van der Waals surface area (Å²) >= 11 is 5.52. The summed E-state index contributed by atoms with van der Waals surface area (Å²) in [6, 6.07) is 11.1. The van der Waals surface area contributed by atoms with Crippen molar-refractivity contribution in [2.45, 2.75) is 39.5 Å². The van der Waals surface area contributed by atoms with Gasteiger partial charge in [-0.05, 0) is 74.3 Å². The maximum absolute atomic E-state index is 13.2. The standard InChI is InChI=1S/C23H25N3O2S/c1-15-8-7-9-20(16(15)2)26-22(28)18-11-10-17(14-19(18)24-23(26)29)21(27)25-12-5-3-4-6-13-25/h7-11,14H,3-6,12-13H2,1-2H3,(H,24,29). The van der Waals surface area contributed by atoms with E-state index in [2.05, 4.69) is 4.98 Å². The van der Waals surface area contributed by atoms with Gasteiger partial charge in [-0.3, -0.25) is 14.2 Å². The summed E-state index contributed by atoms with van der Waals surface area (Å²) in [6.45, 7) is 5.58. The van der Waals surface area contributed by atoms with Gasteiger partial charge >= 0.3 is 0 Å². The first-order valence-corrected chi connectivity index (χ1v) is 10.5. The number of rotatable bonds is 2. The van der Waals surface area contributed by atoms with Gasteiger partial charge in [-0.2, -0.15) is 0 Å². The van der Waals surface area contributed by atoms with Gasteiger partial charge in [-0.1, -0.05) is 25.0 Å². The van der Waals surface area contributed by atoms with Gasteiger partial charge in [0.05, 0.1) is 16.6 Å². The van der Waals surface area contributed by atoms with Gasteiger partial charge in [0.25, 0.3) is 11.5 Å². The highest BCUT2D eigenvalue weighted by atomic mass is 32.1. The lowest BCUT2D eigenvalue weighted by Crippen LogP contribution is -2.32. The molecule has 1 aromatic heterocycles. The van der Waals surface area contributed by atoms with Crippen LogP contribution in [0.1, 0.15) is 47.2 Å². The molecule has 1 amide bonds. The Bertz CT molecular complexity index is 1200. The van der Waals surface area contributed by atoms with E-state index in [1.807, 2.05) is 36.9 Å². The molecule has 1 aliphatic rings. The van der Waals surface area contributed by atoms with E-state index in [-0.39, 0.29) is 11.5 Å². The highest BCUT2D eigenvalue weighted by molar-refractivity contribution is 7.71. The maximum Gasteiger partial charge on any atom is 0.266 e. The van der Waals surface area contributed by atoms with Crippen LogP contribution in [-0.2, 0) is 0 Å². The van der Waals surface area contributed by atoms with Gasteiger partial charge in [0, 0.05) is 18.7 Å². The summed E-state index contributed by atoms with van der Waals surface area (Å²) in [5.74, 6) is 0.0202. The van der Waals surface area contributed by atoms with E-state index in [1.165, 1.54) is 17.4 Å². The average Bonchev–Trinajstić information content (AvgIpc) is 2.99. The zero-order chi connectivity index (χ0) is 20.5. The van der Waals surface area contributed by atoms with Crippen molar-refractivity contribution < 1.29 is 4.79 Å². The summed E-state index contributed by atoms with van der Waals surface area (Å²) in [5.41, 5.74) is 3.91. The topological polar surface area (TPSA) is 58.1 Å². The Kier molecular flexibility index (Phi) is 5.37. The number of carbonyl (C=O) groups is 1. The van der Waals surface area contributed by atoms with Crippen LogP contribution in [-0.4, -0.2) is 33.4 Å². The van der Waals surface area contributed by atoms with E-state index in [1.54, 1.807) is 18.2 Å². The van der Waals surface area contributed by atoms with Crippen molar-refractivity contribution in [3.63, 3.8) is 0 Å². The number of nitrogens with one attached hydrogen (secondary N) is 1. The third-order valence-corrected chi connectivity index (χ3v) is 6.14. The lowest BCUT2D eigenvalue weighted by atomic mass is 10.1. The van der Waals surface area contributed by atoms with Crippen LogP contribution in [0.5, 0.6) is 0 Å². The van der Waals surface area contributed by atoms with Crippen molar-refractivity contribution in [3.8, 4) is 5.69 Å². The van der Waals surface area contributed by atoms with E-state index in [0.29, 0.717) is 21.2 Å². The van der Waals surface area contributed by atoms with Gasteiger partial charge in [0.1, 0.15) is 0 Å². The van der Waals surface area contributed by atoms with Crippen LogP contribution in [0, 0.1) is 18.6 Å². The van der Waals surface area contributed by atoms with E-state index < -0.39 is 0 Å². The molecule has 1 fully saturated rings. The number of nitrogens with zero attached hydrogens (tertiary/aromatic N) is 2. The average molecular weight is 408 g/mol. The minimum Gasteiger partial charge on any atom is -0.339 e. The summed E-state index contributed by atoms with van der Waals surface area (Å²) in [6.07, 6.45) is 4.43. The number of aromatic nitrogens is 2. The zero-order valence-corrected chi connectivity index (χ0v) is 17.6. The number of aromatic amines is 1. The van der Waals surface area contributed by atoms with E-state index >= 15 is 0 Å². The van der Waals surface area contributed by atoms with Crippen LogP contribution < -0.4 is 5.56 Å². The number of fused-ring (bicyclic) bond motifs is 1. The molecule has 1 N–H and O–H groups in total. The number of hydrogen-bond donors (Lipinski definition) is 1. The molecule has 150 valence electrons. The molecule has 2 aromatic carbocycles. The number of carbonyl (C=O) groups excluding carboxylic acids is 1. The molecule has 0 spiro atoms. The molecule has 0 radical (unpaired) electrons. The first kappa shape index (κ1) is 19.6. The molecule has 5 nitrogen and oxygen atoms in total. The number of H-pyrrole nitrogens is 1. The molecule has 0 saturated carbocycles. The summed E-state index contributed by atoms with van der Waals surface area (Å²) < 4.78 is 1.87.